The number of benzene rings is 1. The van der Waals surface area contributed by atoms with Crippen LogP contribution in [0.4, 0.5) is 11.4 Å². The van der Waals surface area contributed by atoms with Crippen molar-refractivity contribution in [3.63, 3.8) is 0 Å². The van der Waals surface area contributed by atoms with E-state index in [-0.39, 0.29) is 12.4 Å². The van der Waals surface area contributed by atoms with E-state index >= 15 is 0 Å². The van der Waals surface area contributed by atoms with Crippen LogP contribution in [0.2, 0.25) is 0 Å². The third-order valence-corrected chi connectivity index (χ3v) is 5.30. The zero-order chi connectivity index (χ0) is 20.1. The fraction of sp³-hybridized carbons (Fsp3) is 0.273. The molecule has 1 N–H and O–H groups in total. The second-order valence-corrected chi connectivity index (χ2v) is 7.59. The van der Waals surface area contributed by atoms with Gasteiger partial charge in [-0.15, -0.1) is 12.4 Å². The Kier molecular flexibility index (Phi) is 4.86. The summed E-state index contributed by atoms with van der Waals surface area (Å²) in [5, 5.41) is 8.53. The van der Waals surface area contributed by atoms with Gasteiger partial charge >= 0.3 is 0 Å². The first-order valence-corrected chi connectivity index (χ1v) is 10.0. The molecule has 0 amide bonds. The zero-order valence-corrected chi connectivity index (χ0v) is 17.6. The van der Waals surface area contributed by atoms with E-state index in [4.69, 9.17) is 14.0 Å². The molecule has 0 spiro atoms. The molecule has 2 aliphatic rings. The van der Waals surface area contributed by atoms with Crippen molar-refractivity contribution in [3.8, 4) is 23.0 Å². The van der Waals surface area contributed by atoms with Gasteiger partial charge in [0.1, 0.15) is 13.2 Å². The quantitative estimate of drug-likeness (QED) is 0.486. The van der Waals surface area contributed by atoms with Crippen LogP contribution < -0.4 is 14.8 Å². The number of hydrogen-bond acceptors (Lipinski definition) is 8. The average Bonchev–Trinajstić information content (AvgIpc) is 3.51. The van der Waals surface area contributed by atoms with Crippen LogP contribution in [0.3, 0.4) is 0 Å². The van der Waals surface area contributed by atoms with Gasteiger partial charge in [0.05, 0.1) is 11.3 Å². The number of fused-ring (bicyclic) bond motifs is 2. The molecular formula is C22H20ClN5O3. The third-order valence-electron chi connectivity index (χ3n) is 5.30. The molecule has 4 heterocycles. The molecule has 0 radical (unpaired) electrons. The van der Waals surface area contributed by atoms with E-state index in [0.717, 1.165) is 52.4 Å². The number of halogens is 1. The van der Waals surface area contributed by atoms with Gasteiger partial charge in [0.2, 0.25) is 0 Å². The van der Waals surface area contributed by atoms with E-state index in [2.05, 4.69) is 25.4 Å². The van der Waals surface area contributed by atoms with E-state index < -0.39 is 0 Å². The van der Waals surface area contributed by atoms with Crippen molar-refractivity contribution in [2.24, 2.45) is 0 Å². The van der Waals surface area contributed by atoms with Gasteiger partial charge in [0, 0.05) is 34.9 Å². The molecular weight excluding hydrogens is 418 g/mol. The molecule has 1 saturated carbocycles. The van der Waals surface area contributed by atoms with Crippen molar-refractivity contribution >= 4 is 34.8 Å². The van der Waals surface area contributed by atoms with Gasteiger partial charge in [-0.25, -0.2) is 9.97 Å². The van der Waals surface area contributed by atoms with Crippen LogP contribution in [0.25, 0.3) is 22.5 Å². The molecule has 6 rings (SSSR count). The van der Waals surface area contributed by atoms with Gasteiger partial charge in [-0.1, -0.05) is 5.16 Å². The molecule has 4 aromatic rings. The minimum atomic E-state index is 0. The number of aromatic nitrogens is 4. The molecule has 0 atom stereocenters. The number of rotatable bonds is 4. The van der Waals surface area contributed by atoms with Gasteiger partial charge in [0.15, 0.2) is 23.0 Å². The summed E-state index contributed by atoms with van der Waals surface area (Å²) >= 11 is 0. The summed E-state index contributed by atoms with van der Waals surface area (Å²) in [4.78, 5) is 13.7. The van der Waals surface area contributed by atoms with Gasteiger partial charge < -0.3 is 19.3 Å². The fourth-order valence-corrected chi connectivity index (χ4v) is 3.59. The van der Waals surface area contributed by atoms with Crippen molar-refractivity contribution in [1.82, 2.24) is 20.1 Å². The molecule has 1 fully saturated rings. The maximum atomic E-state index is 5.73. The molecule has 1 aromatic carbocycles. The average molecular weight is 438 g/mol. The first-order valence-electron chi connectivity index (χ1n) is 10.0. The Hall–Kier alpha value is -3.39. The molecule has 8 nitrogen and oxygen atoms in total. The lowest BCUT2D eigenvalue weighted by Crippen LogP contribution is -2.15. The van der Waals surface area contributed by atoms with E-state index in [1.807, 2.05) is 37.3 Å². The number of ether oxygens (including phenoxy) is 2. The smallest absolute Gasteiger partial charge is 0.261 e. The van der Waals surface area contributed by atoms with Gasteiger partial charge in [-0.2, -0.15) is 4.98 Å². The van der Waals surface area contributed by atoms with Crippen LogP contribution in [0.15, 0.2) is 41.1 Å². The lowest BCUT2D eigenvalue weighted by atomic mass is 10.1. The van der Waals surface area contributed by atoms with Gasteiger partial charge in [0.25, 0.3) is 5.89 Å². The number of nitrogens with one attached hydrogen (secondary N) is 1. The summed E-state index contributed by atoms with van der Waals surface area (Å²) in [6.45, 7) is 3.04. The standard InChI is InChI=1S/C22H19N5O3.ClH/c1-12-2-6-15-19(25-14-5-7-17-18(10-14)29-9-8-28-17)16(11-23-21(15)24-12)22-26-20(27-30-22)13-3-4-13;/h2,5-7,10-11,13H,3-4,8-9H2,1H3,(H,23,24,25);1H. The largest absolute Gasteiger partial charge is 0.486 e. The molecule has 0 unspecified atom stereocenters. The fourth-order valence-electron chi connectivity index (χ4n) is 3.59. The van der Waals surface area contributed by atoms with Crippen molar-refractivity contribution in [2.75, 3.05) is 18.5 Å². The Balaban J connectivity index is 0.00000204. The number of pyridine rings is 2. The van der Waals surface area contributed by atoms with Crippen LogP contribution in [-0.4, -0.2) is 33.3 Å². The Morgan fingerprint density at radius 3 is 2.68 bits per heavy atom. The van der Waals surface area contributed by atoms with Crippen molar-refractivity contribution < 1.29 is 14.0 Å². The highest BCUT2D eigenvalue weighted by Gasteiger charge is 2.29. The molecule has 9 heteroatoms. The van der Waals surface area contributed by atoms with Crippen LogP contribution in [0, 0.1) is 6.92 Å². The monoisotopic (exact) mass is 437 g/mol. The topological polar surface area (TPSA) is 95.2 Å². The van der Waals surface area contributed by atoms with Crippen molar-refractivity contribution in [2.45, 2.75) is 25.7 Å². The Morgan fingerprint density at radius 2 is 1.84 bits per heavy atom. The van der Waals surface area contributed by atoms with Crippen LogP contribution in [0.1, 0.15) is 30.3 Å². The maximum Gasteiger partial charge on any atom is 0.261 e. The molecule has 1 aliphatic carbocycles. The Bertz CT molecular complexity index is 1270. The predicted molar refractivity (Wildman–Crippen MR) is 118 cm³/mol. The normalized spacial score (nSPS) is 14.9. The minimum Gasteiger partial charge on any atom is -0.486 e. The Morgan fingerprint density at radius 1 is 1.00 bits per heavy atom. The zero-order valence-electron chi connectivity index (χ0n) is 16.8. The number of anilines is 2. The van der Waals surface area contributed by atoms with Crippen LogP contribution in [-0.2, 0) is 0 Å². The van der Waals surface area contributed by atoms with E-state index in [1.165, 1.54) is 0 Å². The van der Waals surface area contributed by atoms with Crippen molar-refractivity contribution in [1.29, 1.82) is 0 Å². The molecule has 158 valence electrons. The van der Waals surface area contributed by atoms with Crippen LogP contribution in [0.5, 0.6) is 11.5 Å². The SMILES string of the molecule is Cc1ccc2c(Nc3ccc4c(c3)OCCO4)c(-c3nc(C4CC4)no3)cnc2n1.Cl. The van der Waals surface area contributed by atoms with E-state index in [9.17, 15) is 0 Å². The molecule has 1 aliphatic heterocycles. The molecule has 0 saturated heterocycles. The summed E-state index contributed by atoms with van der Waals surface area (Å²) in [6.07, 6.45) is 3.96. The number of nitrogens with zero attached hydrogens (tertiary/aromatic N) is 4. The lowest BCUT2D eigenvalue weighted by Gasteiger charge is -2.20. The molecule has 3 aromatic heterocycles. The highest BCUT2D eigenvalue weighted by atomic mass is 35.5. The predicted octanol–water partition coefficient (Wildman–Crippen LogP) is 4.80. The van der Waals surface area contributed by atoms with Gasteiger partial charge in [-0.3, -0.25) is 0 Å². The summed E-state index contributed by atoms with van der Waals surface area (Å²) < 4.78 is 16.9. The summed E-state index contributed by atoms with van der Waals surface area (Å²) in [5.41, 5.74) is 3.97. The first-order chi connectivity index (χ1) is 14.7. The summed E-state index contributed by atoms with van der Waals surface area (Å²) in [5.74, 6) is 3.09. The number of aryl methyl sites for hydroxylation is 1. The second-order valence-electron chi connectivity index (χ2n) is 7.59. The first kappa shape index (κ1) is 19.6. The number of hydrogen-bond donors (Lipinski definition) is 1. The highest BCUT2D eigenvalue weighted by Crippen LogP contribution is 2.41. The van der Waals surface area contributed by atoms with Gasteiger partial charge in [-0.05, 0) is 44.0 Å². The maximum absolute atomic E-state index is 5.73. The third kappa shape index (κ3) is 3.63. The minimum absolute atomic E-state index is 0. The second kappa shape index (κ2) is 7.70. The van der Waals surface area contributed by atoms with Crippen LogP contribution >= 0.6 is 12.4 Å². The lowest BCUT2D eigenvalue weighted by molar-refractivity contribution is 0.171. The highest BCUT2D eigenvalue weighted by molar-refractivity contribution is 5.98. The van der Waals surface area contributed by atoms with E-state index in [1.54, 1.807) is 6.20 Å². The Labute approximate surface area is 184 Å². The van der Waals surface area contributed by atoms with E-state index in [0.29, 0.717) is 36.4 Å². The molecule has 0 bridgehead atoms. The summed E-state index contributed by atoms with van der Waals surface area (Å²) in [6, 6.07) is 9.75. The molecule has 31 heavy (non-hydrogen) atoms. The summed E-state index contributed by atoms with van der Waals surface area (Å²) in [7, 11) is 0. The van der Waals surface area contributed by atoms with Crippen molar-refractivity contribution in [3.05, 3.63) is 48.0 Å².